The molecule has 0 N–H and O–H groups in total. The van der Waals surface area contributed by atoms with Gasteiger partial charge in [-0.25, -0.2) is 8.42 Å². The first-order valence-electron chi connectivity index (χ1n) is 7.79. The molecule has 180 valence electrons. The average molecular weight is 710 g/mol. The second-order valence-corrected chi connectivity index (χ2v) is 17.5. The molecule has 1 saturated heterocycles. The predicted molar refractivity (Wildman–Crippen MR) is 134 cm³/mol. The molecule has 1 aliphatic heterocycles. The third kappa shape index (κ3) is 5.80. The van der Waals surface area contributed by atoms with E-state index in [2.05, 4.69) is 0 Å². The second kappa shape index (κ2) is 9.86. The highest BCUT2D eigenvalue weighted by Gasteiger charge is 2.76. The Kier molecular flexibility index (Phi) is 10.4. The molecule has 1 fully saturated rings. The lowest BCUT2D eigenvalue weighted by Gasteiger charge is -2.50. The first-order valence-corrected chi connectivity index (χ1v) is 14.5. The Balaban J connectivity index is 3.39. The molecule has 1 atom stereocenters. The zero-order valence-electron chi connectivity index (χ0n) is 14.6. The molecule has 1 heterocycles. The Hall–Kier alpha value is 3.68. The minimum atomic E-state index is -3.86. The summed E-state index contributed by atoms with van der Waals surface area (Å²) in [6, 6.07) is 0. The largest absolute Gasteiger partial charge is 0.317 e. The quantitative estimate of drug-likeness (QED) is 0.226. The molecular formula is C13H13Cl13O3S. The van der Waals surface area contributed by atoms with Crippen molar-refractivity contribution in [3.63, 3.8) is 0 Å². The van der Waals surface area contributed by atoms with E-state index in [1.165, 1.54) is 0 Å². The van der Waals surface area contributed by atoms with E-state index in [9.17, 15) is 8.42 Å². The van der Waals surface area contributed by atoms with Crippen LogP contribution >= 0.6 is 151 Å². The van der Waals surface area contributed by atoms with Gasteiger partial charge in [0.15, 0.2) is 32.2 Å². The van der Waals surface area contributed by atoms with Crippen molar-refractivity contribution in [3.05, 3.63) is 0 Å². The van der Waals surface area contributed by atoms with Crippen LogP contribution in [0.2, 0.25) is 0 Å². The van der Waals surface area contributed by atoms with E-state index in [1.807, 2.05) is 6.92 Å². The van der Waals surface area contributed by atoms with Gasteiger partial charge in [0.2, 0.25) is 4.33 Å². The minimum Gasteiger partial charge on any atom is -0.317 e. The van der Waals surface area contributed by atoms with Crippen LogP contribution in [0.1, 0.15) is 26.2 Å². The number of sulfone groups is 1. The fourth-order valence-corrected chi connectivity index (χ4v) is 9.42. The van der Waals surface area contributed by atoms with Gasteiger partial charge in [-0.05, 0) is 6.42 Å². The average Bonchev–Trinajstić information content (AvgIpc) is 2.65. The summed E-state index contributed by atoms with van der Waals surface area (Å²) >= 11 is 80.9. The molecule has 30 heavy (non-hydrogen) atoms. The third-order valence-electron chi connectivity index (χ3n) is 4.10. The summed E-state index contributed by atoms with van der Waals surface area (Å²) in [7, 11) is -3.86. The molecule has 0 bridgehead atoms. The molecule has 0 amide bonds. The van der Waals surface area contributed by atoms with Crippen LogP contribution < -0.4 is 0 Å². The summed E-state index contributed by atoms with van der Waals surface area (Å²) < 4.78 is 14.1. The third-order valence-corrected chi connectivity index (χ3v) is 14.6. The molecule has 0 radical (unpaired) electrons. The number of hydrogen-bond acceptors (Lipinski definition) is 3. The van der Waals surface area contributed by atoms with Crippen molar-refractivity contribution in [2.75, 3.05) is 11.5 Å². The van der Waals surface area contributed by atoms with Gasteiger partial charge in [-0.1, -0.05) is 171 Å². The van der Waals surface area contributed by atoms with Crippen LogP contribution in [0.15, 0.2) is 0 Å². The number of halogens is 13. The van der Waals surface area contributed by atoms with Crippen LogP contribution in [0.3, 0.4) is 0 Å². The first kappa shape index (κ1) is 31.7. The van der Waals surface area contributed by atoms with E-state index in [4.69, 9.17) is 156 Å². The number of ether oxygens (including phenoxy) is 1. The van der Waals surface area contributed by atoms with Gasteiger partial charge in [-0.15, -0.1) is 0 Å². The molecule has 17 heteroatoms. The highest BCUT2D eigenvalue weighted by Crippen LogP contribution is 2.67. The van der Waals surface area contributed by atoms with Crippen LogP contribution in [0.5, 0.6) is 0 Å². The maximum atomic E-state index is 12.0. The summed E-state index contributed by atoms with van der Waals surface area (Å²) in [6.45, 7) is 1.85. The van der Waals surface area contributed by atoms with Crippen LogP contribution in [0.25, 0.3) is 0 Å². The summed E-state index contributed by atoms with van der Waals surface area (Å²) in [6.07, 6.45) is 1.17. The van der Waals surface area contributed by atoms with Crippen LogP contribution in [-0.2, 0) is 14.6 Å². The zero-order chi connectivity index (χ0) is 24.2. The van der Waals surface area contributed by atoms with E-state index in [0.29, 0.717) is 12.8 Å². The van der Waals surface area contributed by atoms with Gasteiger partial charge in [0.1, 0.15) is 0 Å². The molecule has 1 aliphatic rings. The lowest BCUT2D eigenvalue weighted by molar-refractivity contribution is -0.0224. The van der Waals surface area contributed by atoms with E-state index in [0.717, 1.165) is 0 Å². The van der Waals surface area contributed by atoms with Gasteiger partial charge < -0.3 is 4.74 Å². The SMILES string of the molecule is CCCCC(Cl)(Cl)C(Cl)(Cl)C(Cl)(Cl)C(Cl)(Cl)C(Cl)(Cl)OC1(Cl)CS(=O)(=O)CC1(Cl)Cl. The molecule has 3 nitrogen and oxygen atoms in total. The predicted octanol–water partition coefficient (Wildman–Crippen LogP) is 8.56. The zero-order valence-corrected chi connectivity index (χ0v) is 25.2. The highest BCUT2D eigenvalue weighted by molar-refractivity contribution is 7.92. The monoisotopic (exact) mass is 704 g/mol. The second-order valence-electron chi connectivity index (χ2n) is 6.62. The standard InChI is InChI=1S/C13H13Cl13O3S/c1-2-3-4-7(14,15)10(19,20)11(21,22)12(23,24)13(25,26)29-9(18)6-30(27,28)5-8(9,16)17/h2-6H2,1H3. The lowest BCUT2D eigenvalue weighted by Crippen LogP contribution is -2.65. The number of hydrogen-bond donors (Lipinski definition) is 0. The molecule has 0 aromatic heterocycles. The Bertz CT molecular complexity index is 749. The molecule has 1 rings (SSSR count). The normalized spacial score (nSPS) is 25.5. The van der Waals surface area contributed by atoms with E-state index in [-0.39, 0.29) is 6.42 Å². The smallest absolute Gasteiger partial charge is 0.256 e. The summed E-state index contributed by atoms with van der Waals surface area (Å²) in [5.41, 5.74) is 0. The van der Waals surface area contributed by atoms with E-state index >= 15 is 0 Å². The van der Waals surface area contributed by atoms with E-state index < -0.39 is 52.6 Å². The Morgan fingerprint density at radius 1 is 0.800 bits per heavy atom. The van der Waals surface area contributed by atoms with Crippen molar-refractivity contribution in [2.45, 2.75) is 57.4 Å². The van der Waals surface area contributed by atoms with Gasteiger partial charge in [0.05, 0.1) is 11.5 Å². The van der Waals surface area contributed by atoms with Crippen molar-refractivity contribution in [2.24, 2.45) is 0 Å². The molecule has 0 saturated carbocycles. The molecule has 0 aromatic carbocycles. The van der Waals surface area contributed by atoms with Crippen molar-refractivity contribution in [1.82, 2.24) is 0 Å². The van der Waals surface area contributed by atoms with Crippen LogP contribution in [0.4, 0.5) is 0 Å². The van der Waals surface area contributed by atoms with Gasteiger partial charge in [-0.3, -0.25) is 0 Å². The Morgan fingerprint density at radius 2 is 1.27 bits per heavy atom. The summed E-state index contributed by atoms with van der Waals surface area (Å²) in [5, 5.41) is -2.40. The molecular weight excluding hydrogens is 697 g/mol. The van der Waals surface area contributed by atoms with Gasteiger partial charge in [-0.2, -0.15) is 0 Å². The number of alkyl halides is 13. The highest BCUT2D eigenvalue weighted by atomic mass is 35.6. The number of rotatable bonds is 9. The summed E-state index contributed by atoms with van der Waals surface area (Å²) in [5.74, 6) is -1.67. The van der Waals surface area contributed by atoms with E-state index in [1.54, 1.807) is 0 Å². The summed E-state index contributed by atoms with van der Waals surface area (Å²) in [4.78, 5) is 0. The maximum absolute atomic E-state index is 12.0. The first-order chi connectivity index (χ1) is 12.9. The number of unbranched alkanes of at least 4 members (excludes halogenated alkanes) is 1. The Morgan fingerprint density at radius 3 is 1.63 bits per heavy atom. The van der Waals surface area contributed by atoms with Crippen molar-refractivity contribution < 1.29 is 13.2 Å². The van der Waals surface area contributed by atoms with Crippen molar-refractivity contribution in [3.8, 4) is 0 Å². The lowest BCUT2D eigenvalue weighted by atomic mass is 10.1. The van der Waals surface area contributed by atoms with Gasteiger partial charge in [0.25, 0.3) is 4.52 Å². The molecule has 0 spiro atoms. The van der Waals surface area contributed by atoms with Gasteiger partial charge >= 0.3 is 0 Å². The van der Waals surface area contributed by atoms with Crippen LogP contribution in [0, 0.1) is 0 Å². The van der Waals surface area contributed by atoms with Crippen molar-refractivity contribution in [1.29, 1.82) is 0 Å². The van der Waals surface area contributed by atoms with Crippen molar-refractivity contribution >= 4 is 161 Å². The van der Waals surface area contributed by atoms with Gasteiger partial charge in [0, 0.05) is 0 Å². The van der Waals surface area contributed by atoms with Crippen LogP contribution in [-0.4, -0.2) is 51.2 Å². The molecule has 0 aliphatic carbocycles. The molecule has 1 unspecified atom stereocenters. The molecule has 0 aromatic rings. The topological polar surface area (TPSA) is 43.4 Å². The minimum absolute atomic E-state index is 0.0211. The fraction of sp³-hybridized carbons (Fsp3) is 1.00. The maximum Gasteiger partial charge on any atom is 0.256 e. The Labute approximate surface area is 240 Å². The fourth-order valence-electron chi connectivity index (χ4n) is 2.36.